The third kappa shape index (κ3) is 5.60. The van der Waals surface area contributed by atoms with Gasteiger partial charge in [-0.2, -0.15) is 4.39 Å². The maximum absolute atomic E-state index is 13.3. The number of aromatic nitrogens is 1. The number of benzene rings is 1. The lowest BCUT2D eigenvalue weighted by Gasteiger charge is -2.35. The number of carboxylic acid groups (broad SMARTS) is 1. The minimum atomic E-state index is -0.968. The van der Waals surface area contributed by atoms with E-state index in [2.05, 4.69) is 4.98 Å². The Balaban J connectivity index is 1.84. The summed E-state index contributed by atoms with van der Waals surface area (Å²) in [7, 11) is 0. The molecule has 7 heteroatoms. The van der Waals surface area contributed by atoms with Crippen LogP contribution in [0, 0.1) is 5.95 Å². The molecular formula is C24H29FN2O4. The molecule has 0 unspecified atom stereocenters. The second kappa shape index (κ2) is 9.04. The molecule has 6 nitrogen and oxygen atoms in total. The molecule has 0 saturated carbocycles. The third-order valence-corrected chi connectivity index (χ3v) is 5.68. The van der Waals surface area contributed by atoms with Crippen LogP contribution in [0.25, 0.3) is 0 Å². The second-order valence-corrected chi connectivity index (χ2v) is 9.10. The number of halogens is 1. The van der Waals surface area contributed by atoms with Crippen LogP contribution in [-0.4, -0.2) is 44.7 Å². The summed E-state index contributed by atoms with van der Waals surface area (Å²) in [6.45, 7) is 7.52. The van der Waals surface area contributed by atoms with E-state index in [4.69, 9.17) is 9.84 Å². The number of amides is 1. The Labute approximate surface area is 182 Å². The number of carboxylic acids is 1. The van der Waals surface area contributed by atoms with E-state index in [9.17, 15) is 14.0 Å². The van der Waals surface area contributed by atoms with E-state index >= 15 is 0 Å². The molecule has 1 aromatic heterocycles. The topological polar surface area (TPSA) is 79.7 Å². The van der Waals surface area contributed by atoms with Gasteiger partial charge in [0, 0.05) is 24.2 Å². The van der Waals surface area contributed by atoms with Gasteiger partial charge in [-0.3, -0.25) is 0 Å². The fourth-order valence-corrected chi connectivity index (χ4v) is 4.14. The van der Waals surface area contributed by atoms with Crippen molar-refractivity contribution in [3.05, 3.63) is 65.2 Å². The number of carbonyl (C=O) groups excluding carboxylic acids is 1. The van der Waals surface area contributed by atoms with Crippen molar-refractivity contribution < 1.29 is 23.8 Å². The summed E-state index contributed by atoms with van der Waals surface area (Å²) in [6, 6.07) is 9.59. The first-order valence-corrected chi connectivity index (χ1v) is 10.5. The average molecular weight is 429 g/mol. The van der Waals surface area contributed by atoms with Gasteiger partial charge >= 0.3 is 12.1 Å². The average Bonchev–Trinajstić information content (AvgIpc) is 3.11. The molecule has 3 atom stereocenters. The standard InChI is InChI=1S/C24H29FN2O4/c1-15(18-9-12-21(25)26-14-18)20-11-10-19(27(20)23(30)31-24(2,3)4)13-16-5-7-17(8-6-16)22(28)29/h5-9,12,14-15,19-20H,10-11,13H2,1-4H3,(H,28,29)/t15-,19+,20-/m1/s1. The highest BCUT2D eigenvalue weighted by Crippen LogP contribution is 2.36. The Bertz CT molecular complexity index is 922. The predicted molar refractivity (Wildman–Crippen MR) is 115 cm³/mol. The highest BCUT2D eigenvalue weighted by atomic mass is 19.1. The highest BCUT2D eigenvalue weighted by Gasteiger charge is 2.42. The fourth-order valence-electron chi connectivity index (χ4n) is 4.14. The summed E-state index contributed by atoms with van der Waals surface area (Å²) in [4.78, 5) is 29.8. The van der Waals surface area contributed by atoms with Crippen LogP contribution in [-0.2, 0) is 11.2 Å². The van der Waals surface area contributed by atoms with Crippen LogP contribution in [0.3, 0.4) is 0 Å². The number of ether oxygens (including phenoxy) is 1. The normalized spacial score (nSPS) is 19.8. The summed E-state index contributed by atoms with van der Waals surface area (Å²) in [6.07, 6.45) is 3.33. The second-order valence-electron chi connectivity index (χ2n) is 9.10. The van der Waals surface area contributed by atoms with Gasteiger partial charge < -0.3 is 14.7 Å². The van der Waals surface area contributed by atoms with E-state index in [0.717, 1.165) is 24.0 Å². The molecule has 166 valence electrons. The van der Waals surface area contributed by atoms with Crippen molar-refractivity contribution in [2.24, 2.45) is 0 Å². The van der Waals surface area contributed by atoms with E-state index in [1.807, 2.05) is 32.6 Å². The van der Waals surface area contributed by atoms with Crippen molar-refractivity contribution in [3.63, 3.8) is 0 Å². The molecule has 0 aliphatic carbocycles. The van der Waals surface area contributed by atoms with Gasteiger partial charge in [-0.25, -0.2) is 14.6 Å². The monoisotopic (exact) mass is 428 g/mol. The Hall–Kier alpha value is -2.96. The zero-order valence-corrected chi connectivity index (χ0v) is 18.3. The SMILES string of the molecule is C[C@H](c1ccc(F)nc1)[C@H]1CC[C@@H](Cc2ccc(C(=O)O)cc2)N1C(=O)OC(C)(C)C. The molecule has 1 saturated heterocycles. The van der Waals surface area contributed by atoms with Gasteiger partial charge in [0.15, 0.2) is 0 Å². The van der Waals surface area contributed by atoms with Crippen LogP contribution in [0.15, 0.2) is 42.6 Å². The number of pyridine rings is 1. The van der Waals surface area contributed by atoms with E-state index in [1.54, 1.807) is 30.3 Å². The molecule has 1 aliphatic rings. The van der Waals surface area contributed by atoms with Gasteiger partial charge in [-0.15, -0.1) is 0 Å². The summed E-state index contributed by atoms with van der Waals surface area (Å²) < 4.78 is 19.0. The van der Waals surface area contributed by atoms with Crippen LogP contribution < -0.4 is 0 Å². The molecule has 0 bridgehead atoms. The maximum atomic E-state index is 13.3. The smallest absolute Gasteiger partial charge is 0.410 e. The first kappa shape index (κ1) is 22.7. The largest absolute Gasteiger partial charge is 0.478 e. The number of nitrogens with zero attached hydrogens (tertiary/aromatic N) is 2. The van der Waals surface area contributed by atoms with Crippen LogP contribution in [0.4, 0.5) is 9.18 Å². The fraction of sp³-hybridized carbons (Fsp3) is 0.458. The Morgan fingerprint density at radius 2 is 1.87 bits per heavy atom. The molecule has 3 rings (SSSR count). The van der Waals surface area contributed by atoms with Gasteiger partial charge in [0.25, 0.3) is 0 Å². The Kier molecular flexibility index (Phi) is 6.62. The number of aromatic carboxylic acids is 1. The molecule has 0 radical (unpaired) electrons. The van der Waals surface area contributed by atoms with E-state index in [1.165, 1.54) is 12.3 Å². The molecule has 1 N–H and O–H groups in total. The molecule has 1 aliphatic heterocycles. The van der Waals surface area contributed by atoms with Crippen molar-refractivity contribution >= 4 is 12.1 Å². The number of hydrogen-bond acceptors (Lipinski definition) is 4. The quantitative estimate of drug-likeness (QED) is 0.676. The Morgan fingerprint density at radius 1 is 1.19 bits per heavy atom. The molecular weight excluding hydrogens is 399 g/mol. The van der Waals surface area contributed by atoms with Crippen LogP contribution in [0.5, 0.6) is 0 Å². The van der Waals surface area contributed by atoms with Crippen LogP contribution in [0.2, 0.25) is 0 Å². The zero-order chi connectivity index (χ0) is 22.8. The lowest BCUT2D eigenvalue weighted by atomic mass is 9.93. The minimum Gasteiger partial charge on any atom is -0.478 e. The van der Waals surface area contributed by atoms with Gasteiger partial charge in [-0.05, 0) is 69.4 Å². The first-order chi connectivity index (χ1) is 14.5. The third-order valence-electron chi connectivity index (χ3n) is 5.68. The maximum Gasteiger partial charge on any atom is 0.410 e. The van der Waals surface area contributed by atoms with Gasteiger partial charge in [0.05, 0.1) is 5.56 Å². The van der Waals surface area contributed by atoms with E-state index in [-0.39, 0.29) is 29.7 Å². The molecule has 1 aromatic carbocycles. The van der Waals surface area contributed by atoms with Gasteiger partial charge in [0.2, 0.25) is 5.95 Å². The number of rotatable bonds is 5. The summed E-state index contributed by atoms with van der Waals surface area (Å²) in [5.41, 5.74) is 1.43. The first-order valence-electron chi connectivity index (χ1n) is 10.5. The number of carbonyl (C=O) groups is 2. The molecule has 2 heterocycles. The lowest BCUT2D eigenvalue weighted by molar-refractivity contribution is 0.0126. The van der Waals surface area contributed by atoms with E-state index in [0.29, 0.717) is 6.42 Å². The summed E-state index contributed by atoms with van der Waals surface area (Å²) in [5.74, 6) is -1.54. The molecule has 1 fully saturated rings. The predicted octanol–water partition coefficient (Wildman–Crippen LogP) is 5.03. The van der Waals surface area contributed by atoms with Crippen molar-refractivity contribution in [1.29, 1.82) is 0 Å². The van der Waals surface area contributed by atoms with Crippen molar-refractivity contribution in [1.82, 2.24) is 9.88 Å². The number of hydrogen-bond donors (Lipinski definition) is 1. The molecule has 1 amide bonds. The van der Waals surface area contributed by atoms with Crippen molar-refractivity contribution in [3.8, 4) is 0 Å². The summed E-state index contributed by atoms with van der Waals surface area (Å²) in [5, 5.41) is 9.11. The minimum absolute atomic E-state index is 0.0417. The lowest BCUT2D eigenvalue weighted by Crippen LogP contribution is -2.46. The summed E-state index contributed by atoms with van der Waals surface area (Å²) >= 11 is 0. The van der Waals surface area contributed by atoms with Crippen LogP contribution in [0.1, 0.15) is 67.9 Å². The van der Waals surface area contributed by atoms with Crippen molar-refractivity contribution in [2.75, 3.05) is 0 Å². The molecule has 2 aromatic rings. The zero-order valence-electron chi connectivity index (χ0n) is 18.3. The van der Waals surface area contributed by atoms with E-state index < -0.39 is 17.5 Å². The molecule has 0 spiro atoms. The van der Waals surface area contributed by atoms with Gasteiger partial charge in [-0.1, -0.05) is 25.1 Å². The van der Waals surface area contributed by atoms with Gasteiger partial charge in [0.1, 0.15) is 5.60 Å². The van der Waals surface area contributed by atoms with Crippen molar-refractivity contribution in [2.45, 2.75) is 70.6 Å². The highest BCUT2D eigenvalue weighted by molar-refractivity contribution is 5.87. The molecule has 31 heavy (non-hydrogen) atoms. The van der Waals surface area contributed by atoms with Crippen LogP contribution >= 0.6 is 0 Å². The number of likely N-dealkylation sites (tertiary alicyclic amines) is 1. The Morgan fingerprint density at radius 3 is 2.42 bits per heavy atom.